The maximum atomic E-state index is 13.0. The van der Waals surface area contributed by atoms with Crippen LogP contribution in [-0.2, 0) is 4.79 Å². The number of hydrogen-bond donors (Lipinski definition) is 2. The van der Waals surface area contributed by atoms with Gasteiger partial charge in [0, 0.05) is 43.8 Å². The number of para-hydroxylation sites is 1. The smallest absolute Gasteiger partial charge is 0.225 e. The van der Waals surface area contributed by atoms with Gasteiger partial charge in [-0.1, -0.05) is 24.3 Å². The molecule has 1 aromatic rings. The highest BCUT2D eigenvalue weighted by atomic mass is 16.2. The first kappa shape index (κ1) is 19.1. The molecule has 0 atom stereocenters. The van der Waals surface area contributed by atoms with Crippen LogP contribution in [0.2, 0.25) is 0 Å². The van der Waals surface area contributed by atoms with E-state index in [0.717, 1.165) is 65.0 Å². The van der Waals surface area contributed by atoms with Gasteiger partial charge in [-0.3, -0.25) is 9.69 Å². The molecule has 0 radical (unpaired) electrons. The summed E-state index contributed by atoms with van der Waals surface area (Å²) in [4.78, 5) is 17.6. The molecule has 4 rings (SSSR count). The lowest BCUT2D eigenvalue weighted by molar-refractivity contribution is -0.138. The largest absolute Gasteiger partial charge is 0.387 e. The normalized spacial score (nSPS) is 21.9. The van der Waals surface area contributed by atoms with E-state index in [1.165, 1.54) is 11.3 Å². The molecule has 0 bridgehead atoms. The van der Waals surface area contributed by atoms with Crippen molar-refractivity contribution < 1.29 is 4.79 Å². The number of rotatable bonds is 5. The van der Waals surface area contributed by atoms with Gasteiger partial charge in [0.2, 0.25) is 5.91 Å². The molecule has 2 fully saturated rings. The SMILES string of the molecule is O=C(C1CCN(CC2=CCNC=C2)CC1)N1CCC(Nc2ccccc2)CC1. The van der Waals surface area contributed by atoms with Gasteiger partial charge in [-0.15, -0.1) is 0 Å². The van der Waals surface area contributed by atoms with Gasteiger partial charge in [0.15, 0.2) is 0 Å². The van der Waals surface area contributed by atoms with E-state index in [2.05, 4.69) is 56.9 Å². The number of dihydropyridines is 1. The molecule has 5 nitrogen and oxygen atoms in total. The number of carbonyl (C=O) groups is 1. The van der Waals surface area contributed by atoms with E-state index >= 15 is 0 Å². The van der Waals surface area contributed by atoms with E-state index in [1.807, 2.05) is 12.3 Å². The number of nitrogens with zero attached hydrogens (tertiary/aromatic N) is 2. The number of amides is 1. The Hall–Kier alpha value is -2.27. The third-order valence-corrected chi connectivity index (χ3v) is 6.19. The first-order valence-corrected chi connectivity index (χ1v) is 10.7. The number of anilines is 1. The van der Waals surface area contributed by atoms with E-state index < -0.39 is 0 Å². The van der Waals surface area contributed by atoms with Crippen molar-refractivity contribution in [1.82, 2.24) is 15.1 Å². The molecular weight excluding hydrogens is 348 g/mol. The van der Waals surface area contributed by atoms with Crippen molar-refractivity contribution in [1.29, 1.82) is 0 Å². The number of likely N-dealkylation sites (tertiary alicyclic amines) is 2. The quantitative estimate of drug-likeness (QED) is 0.825. The number of carbonyl (C=O) groups excluding carboxylic acids is 1. The van der Waals surface area contributed by atoms with E-state index in [0.29, 0.717) is 11.9 Å². The summed E-state index contributed by atoms with van der Waals surface area (Å²) < 4.78 is 0. The lowest BCUT2D eigenvalue weighted by Gasteiger charge is -2.37. The Balaban J connectivity index is 1.19. The zero-order valence-corrected chi connectivity index (χ0v) is 16.6. The molecule has 0 spiro atoms. The predicted molar refractivity (Wildman–Crippen MR) is 114 cm³/mol. The maximum absolute atomic E-state index is 13.0. The summed E-state index contributed by atoms with van der Waals surface area (Å²) in [6.07, 6.45) is 10.5. The summed E-state index contributed by atoms with van der Waals surface area (Å²) in [5.41, 5.74) is 2.56. The van der Waals surface area contributed by atoms with Gasteiger partial charge >= 0.3 is 0 Å². The predicted octanol–water partition coefficient (Wildman–Crippen LogP) is 2.84. The number of piperidine rings is 2. The average molecular weight is 381 g/mol. The van der Waals surface area contributed by atoms with Gasteiger partial charge in [0.05, 0.1) is 0 Å². The summed E-state index contributed by atoms with van der Waals surface area (Å²) in [5.74, 6) is 0.603. The van der Waals surface area contributed by atoms with Crippen LogP contribution in [0.5, 0.6) is 0 Å². The van der Waals surface area contributed by atoms with Crippen molar-refractivity contribution in [2.45, 2.75) is 31.7 Å². The highest BCUT2D eigenvalue weighted by molar-refractivity contribution is 5.79. The fourth-order valence-electron chi connectivity index (χ4n) is 4.48. The third kappa shape index (κ3) is 4.96. The molecule has 0 aromatic heterocycles. The van der Waals surface area contributed by atoms with Gasteiger partial charge in [-0.25, -0.2) is 0 Å². The Labute approximate surface area is 168 Å². The molecule has 3 aliphatic heterocycles. The molecule has 3 aliphatic rings. The lowest BCUT2D eigenvalue weighted by Crippen LogP contribution is -2.47. The Kier molecular flexibility index (Phi) is 6.32. The van der Waals surface area contributed by atoms with E-state index in [-0.39, 0.29) is 5.92 Å². The number of benzene rings is 1. The first-order chi connectivity index (χ1) is 13.8. The summed E-state index contributed by atoms with van der Waals surface area (Å²) in [7, 11) is 0. The molecule has 0 unspecified atom stereocenters. The molecule has 3 heterocycles. The van der Waals surface area contributed by atoms with E-state index in [1.54, 1.807) is 0 Å². The minimum Gasteiger partial charge on any atom is -0.387 e. The second-order valence-corrected chi connectivity index (χ2v) is 8.18. The van der Waals surface area contributed by atoms with Gasteiger partial charge in [-0.2, -0.15) is 0 Å². The van der Waals surface area contributed by atoms with Crippen LogP contribution in [0.1, 0.15) is 25.7 Å². The lowest BCUT2D eigenvalue weighted by atomic mass is 9.93. The minimum absolute atomic E-state index is 0.215. The summed E-state index contributed by atoms with van der Waals surface area (Å²) in [5, 5.41) is 6.80. The molecule has 2 N–H and O–H groups in total. The first-order valence-electron chi connectivity index (χ1n) is 10.7. The van der Waals surface area contributed by atoms with Crippen molar-refractivity contribution >= 4 is 11.6 Å². The monoisotopic (exact) mass is 380 g/mol. The summed E-state index contributed by atoms with van der Waals surface area (Å²) in [6, 6.07) is 10.9. The van der Waals surface area contributed by atoms with Gasteiger partial charge in [-0.05, 0) is 68.8 Å². The third-order valence-electron chi connectivity index (χ3n) is 6.19. The van der Waals surface area contributed by atoms with Crippen LogP contribution in [0.25, 0.3) is 0 Å². The van der Waals surface area contributed by atoms with Crippen LogP contribution in [0.4, 0.5) is 5.69 Å². The molecule has 0 saturated carbocycles. The maximum Gasteiger partial charge on any atom is 0.225 e. The van der Waals surface area contributed by atoms with Gasteiger partial charge in [0.25, 0.3) is 0 Å². The highest BCUT2D eigenvalue weighted by Crippen LogP contribution is 2.24. The minimum atomic E-state index is 0.215. The van der Waals surface area contributed by atoms with Gasteiger partial charge in [0.1, 0.15) is 0 Å². The Bertz CT molecular complexity index is 699. The molecule has 0 aliphatic carbocycles. The Morgan fingerprint density at radius 2 is 1.79 bits per heavy atom. The van der Waals surface area contributed by atoms with Crippen molar-refractivity contribution in [3.8, 4) is 0 Å². The molecule has 28 heavy (non-hydrogen) atoms. The summed E-state index contributed by atoms with van der Waals surface area (Å²) in [6.45, 7) is 5.76. The summed E-state index contributed by atoms with van der Waals surface area (Å²) >= 11 is 0. The fraction of sp³-hybridized carbons (Fsp3) is 0.522. The zero-order valence-electron chi connectivity index (χ0n) is 16.6. The molecule has 5 heteroatoms. The van der Waals surface area contributed by atoms with E-state index in [4.69, 9.17) is 0 Å². The van der Waals surface area contributed by atoms with Crippen molar-refractivity contribution in [2.24, 2.45) is 5.92 Å². The Morgan fingerprint density at radius 1 is 1.04 bits per heavy atom. The van der Waals surface area contributed by atoms with Crippen molar-refractivity contribution in [3.63, 3.8) is 0 Å². The van der Waals surface area contributed by atoms with Crippen LogP contribution >= 0.6 is 0 Å². The van der Waals surface area contributed by atoms with E-state index in [9.17, 15) is 4.79 Å². The second-order valence-electron chi connectivity index (χ2n) is 8.18. The van der Waals surface area contributed by atoms with Crippen LogP contribution < -0.4 is 10.6 Å². The number of hydrogen-bond acceptors (Lipinski definition) is 4. The standard InChI is InChI=1S/C23H32N4O/c28-23(20-8-14-26(15-9-20)18-19-6-12-24-13-7-19)27-16-10-22(11-17-27)25-21-4-2-1-3-5-21/h1-7,12,20,22,24-25H,8-11,13-18H2. The van der Waals surface area contributed by atoms with Crippen molar-refractivity contribution in [3.05, 3.63) is 54.3 Å². The average Bonchev–Trinajstić information content (AvgIpc) is 2.76. The highest BCUT2D eigenvalue weighted by Gasteiger charge is 2.30. The molecule has 1 aromatic carbocycles. The topological polar surface area (TPSA) is 47.6 Å². The van der Waals surface area contributed by atoms with Crippen LogP contribution in [0, 0.1) is 5.92 Å². The number of nitrogens with one attached hydrogen (secondary N) is 2. The zero-order chi connectivity index (χ0) is 19.2. The van der Waals surface area contributed by atoms with Crippen molar-refractivity contribution in [2.75, 3.05) is 44.6 Å². The van der Waals surface area contributed by atoms with Crippen LogP contribution in [-0.4, -0.2) is 61.0 Å². The van der Waals surface area contributed by atoms with Crippen LogP contribution in [0.15, 0.2) is 54.3 Å². The molecule has 150 valence electrons. The molecule has 1 amide bonds. The van der Waals surface area contributed by atoms with Gasteiger partial charge < -0.3 is 15.5 Å². The second kappa shape index (κ2) is 9.28. The van der Waals surface area contributed by atoms with Crippen LogP contribution in [0.3, 0.4) is 0 Å². The molecule has 2 saturated heterocycles. The fourth-order valence-corrected chi connectivity index (χ4v) is 4.48. The Morgan fingerprint density at radius 3 is 2.46 bits per heavy atom. The molecular formula is C23H32N4O.